The topological polar surface area (TPSA) is 29.5 Å². The van der Waals surface area contributed by atoms with E-state index in [4.69, 9.17) is 11.3 Å². The zero-order valence-corrected chi connectivity index (χ0v) is 11.0. The first-order valence-electron chi connectivity index (χ1n) is 6.28. The fourth-order valence-electron chi connectivity index (χ4n) is 1.71. The number of carbonyl (C=O) groups excluding carboxylic acids is 1. The highest BCUT2D eigenvalue weighted by atomic mass is 16.7. The van der Waals surface area contributed by atoms with Crippen LogP contribution in [0.4, 0.5) is 0 Å². The van der Waals surface area contributed by atoms with Crippen LogP contribution in [0, 0.1) is 12.3 Å². The van der Waals surface area contributed by atoms with Gasteiger partial charge in [0.25, 0.3) is 5.91 Å². The van der Waals surface area contributed by atoms with Gasteiger partial charge in [-0.2, -0.15) is 0 Å². The molecule has 0 aromatic heterocycles. The molecule has 0 saturated carbocycles. The third-order valence-corrected chi connectivity index (χ3v) is 2.71. The van der Waals surface area contributed by atoms with Gasteiger partial charge in [0, 0.05) is 5.56 Å². The summed E-state index contributed by atoms with van der Waals surface area (Å²) in [6.07, 6.45) is 5.29. The van der Waals surface area contributed by atoms with Crippen molar-refractivity contribution in [3.63, 3.8) is 0 Å². The number of amides is 1. The Morgan fingerprint density at radius 1 is 1.05 bits per heavy atom. The quantitative estimate of drug-likeness (QED) is 0.614. The van der Waals surface area contributed by atoms with E-state index >= 15 is 0 Å². The standard InChI is InChI=1S/C17H15NO2/c1-2-13-18(17(19)16-11-7-4-8-12-16)20-14-15-9-5-3-6-10-15/h1,3-12H,13-14H2. The molecule has 3 heteroatoms. The maximum absolute atomic E-state index is 12.3. The third-order valence-electron chi connectivity index (χ3n) is 2.71. The molecule has 0 aliphatic carbocycles. The number of hydrogen-bond donors (Lipinski definition) is 0. The van der Waals surface area contributed by atoms with Crippen molar-refractivity contribution in [3.05, 3.63) is 71.8 Å². The van der Waals surface area contributed by atoms with Gasteiger partial charge in [-0.05, 0) is 17.7 Å². The van der Waals surface area contributed by atoms with Crippen LogP contribution in [0.25, 0.3) is 0 Å². The van der Waals surface area contributed by atoms with E-state index in [2.05, 4.69) is 5.92 Å². The van der Waals surface area contributed by atoms with E-state index < -0.39 is 0 Å². The Hall–Kier alpha value is -2.57. The van der Waals surface area contributed by atoms with Crippen molar-refractivity contribution < 1.29 is 9.63 Å². The summed E-state index contributed by atoms with van der Waals surface area (Å²) in [6.45, 7) is 0.418. The highest BCUT2D eigenvalue weighted by molar-refractivity contribution is 5.93. The highest BCUT2D eigenvalue weighted by Gasteiger charge is 2.15. The van der Waals surface area contributed by atoms with Gasteiger partial charge in [0.2, 0.25) is 0 Å². The molecular weight excluding hydrogens is 250 g/mol. The van der Waals surface area contributed by atoms with Gasteiger partial charge in [-0.1, -0.05) is 54.5 Å². The zero-order valence-electron chi connectivity index (χ0n) is 11.0. The predicted molar refractivity (Wildman–Crippen MR) is 77.5 cm³/mol. The van der Waals surface area contributed by atoms with Crippen LogP contribution in [0.15, 0.2) is 60.7 Å². The van der Waals surface area contributed by atoms with Crippen LogP contribution in [0.2, 0.25) is 0 Å². The smallest absolute Gasteiger partial charge is 0.267 e. The highest BCUT2D eigenvalue weighted by Crippen LogP contribution is 2.08. The summed E-state index contributed by atoms with van der Waals surface area (Å²) in [5.74, 6) is 2.20. The lowest BCUT2D eigenvalue weighted by atomic mass is 10.2. The number of terminal acetylenes is 1. The second kappa shape index (κ2) is 7.13. The first-order valence-corrected chi connectivity index (χ1v) is 6.28. The predicted octanol–water partition coefficient (Wildman–Crippen LogP) is 2.89. The fraction of sp³-hybridized carbons (Fsp3) is 0.118. The molecule has 0 heterocycles. The molecule has 1 amide bonds. The van der Waals surface area contributed by atoms with Crippen LogP contribution < -0.4 is 0 Å². The molecule has 3 nitrogen and oxygen atoms in total. The van der Waals surface area contributed by atoms with Crippen molar-refractivity contribution in [3.8, 4) is 12.3 Å². The minimum absolute atomic E-state index is 0.112. The molecule has 0 fully saturated rings. The number of nitrogens with zero attached hydrogens (tertiary/aromatic N) is 1. The molecule has 0 aliphatic heterocycles. The Morgan fingerprint density at radius 2 is 1.65 bits per heavy atom. The summed E-state index contributed by atoms with van der Waals surface area (Å²) in [5.41, 5.74) is 1.53. The second-order valence-electron chi connectivity index (χ2n) is 4.17. The summed E-state index contributed by atoms with van der Waals surface area (Å²) >= 11 is 0. The lowest BCUT2D eigenvalue weighted by molar-refractivity contribution is -0.125. The molecule has 0 spiro atoms. The molecule has 20 heavy (non-hydrogen) atoms. The molecule has 2 aromatic carbocycles. The first-order chi connectivity index (χ1) is 9.81. The number of benzene rings is 2. The maximum atomic E-state index is 12.3. The van der Waals surface area contributed by atoms with Gasteiger partial charge < -0.3 is 0 Å². The molecule has 100 valence electrons. The molecule has 0 N–H and O–H groups in total. The summed E-state index contributed by atoms with van der Waals surface area (Å²) < 4.78 is 0. The third kappa shape index (κ3) is 3.71. The van der Waals surface area contributed by atoms with Crippen LogP contribution in [-0.2, 0) is 11.4 Å². The van der Waals surface area contributed by atoms with Gasteiger partial charge in [-0.25, -0.2) is 5.06 Å². The van der Waals surface area contributed by atoms with Crippen molar-refractivity contribution in [1.29, 1.82) is 0 Å². The van der Waals surface area contributed by atoms with Gasteiger partial charge in [-0.3, -0.25) is 9.63 Å². The van der Waals surface area contributed by atoms with E-state index in [9.17, 15) is 4.79 Å². The van der Waals surface area contributed by atoms with E-state index in [1.54, 1.807) is 24.3 Å². The molecule has 0 saturated heterocycles. The molecule has 0 atom stereocenters. The average Bonchev–Trinajstić information content (AvgIpc) is 2.52. The molecule has 0 aliphatic rings. The second-order valence-corrected chi connectivity index (χ2v) is 4.17. The average molecular weight is 265 g/mol. The zero-order chi connectivity index (χ0) is 14.2. The Labute approximate surface area is 118 Å². The van der Waals surface area contributed by atoms with Crippen LogP contribution >= 0.6 is 0 Å². The van der Waals surface area contributed by atoms with Crippen molar-refractivity contribution in [2.75, 3.05) is 6.54 Å². The van der Waals surface area contributed by atoms with Crippen LogP contribution in [0.5, 0.6) is 0 Å². The van der Waals surface area contributed by atoms with Crippen molar-refractivity contribution in [2.24, 2.45) is 0 Å². The number of hydrogen-bond acceptors (Lipinski definition) is 2. The minimum atomic E-state index is -0.237. The van der Waals surface area contributed by atoms with Crippen LogP contribution in [0.3, 0.4) is 0 Å². The maximum Gasteiger partial charge on any atom is 0.278 e. The summed E-state index contributed by atoms with van der Waals surface area (Å²) in [4.78, 5) is 17.8. The fourth-order valence-corrected chi connectivity index (χ4v) is 1.71. The molecule has 2 rings (SSSR count). The normalized spacial score (nSPS) is 9.75. The van der Waals surface area contributed by atoms with E-state index in [1.807, 2.05) is 36.4 Å². The minimum Gasteiger partial charge on any atom is -0.267 e. The monoisotopic (exact) mass is 265 g/mol. The van der Waals surface area contributed by atoms with E-state index in [1.165, 1.54) is 5.06 Å². The Bertz CT molecular complexity index is 587. The van der Waals surface area contributed by atoms with Crippen molar-refractivity contribution >= 4 is 5.91 Å². The van der Waals surface area contributed by atoms with Crippen LogP contribution in [0.1, 0.15) is 15.9 Å². The van der Waals surface area contributed by atoms with Gasteiger partial charge in [-0.15, -0.1) is 6.42 Å². The molecule has 0 bridgehead atoms. The number of rotatable bonds is 5. The molecule has 0 unspecified atom stereocenters. The van der Waals surface area contributed by atoms with Crippen LogP contribution in [-0.4, -0.2) is 17.5 Å². The van der Waals surface area contributed by atoms with Gasteiger partial charge in [0.1, 0.15) is 13.2 Å². The van der Waals surface area contributed by atoms with Crippen molar-refractivity contribution in [2.45, 2.75) is 6.61 Å². The number of hydroxylamine groups is 2. The summed E-state index contributed by atoms with van der Waals surface area (Å²) in [7, 11) is 0. The Morgan fingerprint density at radius 3 is 2.25 bits per heavy atom. The molecular formula is C17H15NO2. The molecule has 0 radical (unpaired) electrons. The largest absolute Gasteiger partial charge is 0.278 e. The van der Waals surface area contributed by atoms with Gasteiger partial charge in [0.05, 0.1) is 0 Å². The van der Waals surface area contributed by atoms with E-state index in [0.29, 0.717) is 12.2 Å². The number of carbonyl (C=O) groups is 1. The first kappa shape index (κ1) is 13.9. The summed E-state index contributed by atoms with van der Waals surface area (Å²) in [6, 6.07) is 18.6. The van der Waals surface area contributed by atoms with E-state index in [-0.39, 0.29) is 12.5 Å². The molecule has 2 aromatic rings. The Kier molecular flexibility index (Phi) is 4.94. The SMILES string of the molecule is C#CCN(OCc1ccccc1)C(=O)c1ccccc1. The lowest BCUT2D eigenvalue weighted by Gasteiger charge is -2.19. The van der Waals surface area contributed by atoms with E-state index in [0.717, 1.165) is 5.56 Å². The Balaban J connectivity index is 2.04. The summed E-state index contributed by atoms with van der Waals surface area (Å²) in [5, 5.41) is 1.21. The van der Waals surface area contributed by atoms with Gasteiger partial charge >= 0.3 is 0 Å². The van der Waals surface area contributed by atoms with Crippen molar-refractivity contribution in [1.82, 2.24) is 5.06 Å². The van der Waals surface area contributed by atoms with Gasteiger partial charge in [0.15, 0.2) is 0 Å². The lowest BCUT2D eigenvalue weighted by Crippen LogP contribution is -2.31.